The molecule has 2 rings (SSSR count). The van der Waals surface area contributed by atoms with Gasteiger partial charge in [-0.3, -0.25) is 0 Å². The number of ether oxygens (including phenoxy) is 1. The number of carbonyl (C=O) groups is 1. The van der Waals surface area contributed by atoms with Gasteiger partial charge in [0.2, 0.25) is 0 Å². The molecule has 6 heteroatoms. The Kier molecular flexibility index (Phi) is 3.85. The molecule has 0 bridgehead atoms. The van der Waals surface area contributed by atoms with Gasteiger partial charge in [-0.2, -0.15) is 5.26 Å². The third-order valence-electron chi connectivity index (χ3n) is 3.07. The summed E-state index contributed by atoms with van der Waals surface area (Å²) >= 11 is 0. The number of piperidine rings is 1. The van der Waals surface area contributed by atoms with Gasteiger partial charge < -0.3 is 14.7 Å². The number of nitrogens with zero attached hydrogens (tertiary/aromatic N) is 2. The van der Waals surface area contributed by atoms with Gasteiger partial charge in [-0.1, -0.05) is 0 Å². The molecule has 0 spiro atoms. The Balaban J connectivity index is 1.96. The summed E-state index contributed by atoms with van der Waals surface area (Å²) in [6, 6.07) is 5.90. The first-order chi connectivity index (χ1) is 9.10. The van der Waals surface area contributed by atoms with E-state index in [1.807, 2.05) is 6.07 Å². The molecule has 100 valence electrons. The van der Waals surface area contributed by atoms with Crippen LogP contribution in [0.5, 0.6) is 5.75 Å². The maximum atomic E-state index is 13.6. The van der Waals surface area contributed by atoms with Gasteiger partial charge in [0.25, 0.3) is 0 Å². The molecule has 19 heavy (non-hydrogen) atoms. The molecule has 1 aliphatic rings. The second-order valence-corrected chi connectivity index (χ2v) is 4.34. The third kappa shape index (κ3) is 3.13. The zero-order valence-corrected chi connectivity index (χ0v) is 10.2. The normalized spacial score (nSPS) is 15.9. The number of amides is 1. The smallest absolute Gasteiger partial charge is 0.407 e. The van der Waals surface area contributed by atoms with Crippen molar-refractivity contribution in [2.45, 2.75) is 18.9 Å². The van der Waals surface area contributed by atoms with E-state index in [2.05, 4.69) is 0 Å². The van der Waals surface area contributed by atoms with Crippen LogP contribution >= 0.6 is 0 Å². The van der Waals surface area contributed by atoms with E-state index in [-0.39, 0.29) is 17.4 Å². The van der Waals surface area contributed by atoms with Crippen LogP contribution < -0.4 is 4.74 Å². The summed E-state index contributed by atoms with van der Waals surface area (Å²) in [6.07, 6.45) is -0.0710. The number of benzene rings is 1. The lowest BCUT2D eigenvalue weighted by atomic mass is 10.1. The zero-order valence-electron chi connectivity index (χ0n) is 10.2. The number of likely N-dealkylation sites (tertiary alicyclic amines) is 1. The highest BCUT2D eigenvalue weighted by Crippen LogP contribution is 2.23. The van der Waals surface area contributed by atoms with Gasteiger partial charge in [-0.05, 0) is 18.2 Å². The average Bonchev–Trinajstić information content (AvgIpc) is 2.41. The van der Waals surface area contributed by atoms with Crippen molar-refractivity contribution in [2.75, 3.05) is 13.1 Å². The first-order valence-corrected chi connectivity index (χ1v) is 5.94. The van der Waals surface area contributed by atoms with Gasteiger partial charge in [0.1, 0.15) is 6.10 Å². The summed E-state index contributed by atoms with van der Waals surface area (Å²) in [4.78, 5) is 12.1. The predicted molar refractivity (Wildman–Crippen MR) is 64.4 cm³/mol. The van der Waals surface area contributed by atoms with E-state index in [1.54, 1.807) is 0 Å². The molecule has 1 aliphatic heterocycles. The van der Waals surface area contributed by atoms with Gasteiger partial charge in [-0.15, -0.1) is 0 Å². The second-order valence-electron chi connectivity index (χ2n) is 4.34. The van der Waals surface area contributed by atoms with Crippen LogP contribution in [0.25, 0.3) is 0 Å². The lowest BCUT2D eigenvalue weighted by Gasteiger charge is -2.30. The minimum atomic E-state index is -0.942. The van der Waals surface area contributed by atoms with E-state index < -0.39 is 11.9 Å². The van der Waals surface area contributed by atoms with Crippen LogP contribution in [0.1, 0.15) is 18.4 Å². The average molecular weight is 264 g/mol. The SMILES string of the molecule is N#Cc1ccc(OC2CCN(C(=O)O)CC2)c(F)c1. The maximum absolute atomic E-state index is 13.6. The van der Waals surface area contributed by atoms with Gasteiger partial charge in [0.15, 0.2) is 11.6 Å². The first kappa shape index (κ1) is 13.1. The lowest BCUT2D eigenvalue weighted by Crippen LogP contribution is -2.41. The van der Waals surface area contributed by atoms with Crippen molar-refractivity contribution in [1.82, 2.24) is 4.90 Å². The van der Waals surface area contributed by atoms with E-state index in [9.17, 15) is 9.18 Å². The quantitative estimate of drug-likeness (QED) is 0.888. The van der Waals surface area contributed by atoms with Crippen LogP contribution in [0.4, 0.5) is 9.18 Å². The molecule has 1 N–H and O–H groups in total. The summed E-state index contributed by atoms with van der Waals surface area (Å²) in [5.41, 5.74) is 0.241. The minimum absolute atomic E-state index is 0.104. The van der Waals surface area contributed by atoms with Crippen LogP contribution in [0.15, 0.2) is 18.2 Å². The first-order valence-electron chi connectivity index (χ1n) is 5.94. The van der Waals surface area contributed by atoms with Gasteiger partial charge in [-0.25, -0.2) is 9.18 Å². The second kappa shape index (κ2) is 5.57. The summed E-state index contributed by atoms with van der Waals surface area (Å²) in [5, 5.41) is 17.4. The van der Waals surface area contributed by atoms with Crippen molar-refractivity contribution in [3.8, 4) is 11.8 Å². The zero-order chi connectivity index (χ0) is 13.8. The van der Waals surface area contributed by atoms with Crippen LogP contribution in [-0.4, -0.2) is 35.3 Å². The Morgan fingerprint density at radius 3 is 2.68 bits per heavy atom. The molecule has 5 nitrogen and oxygen atoms in total. The summed E-state index contributed by atoms with van der Waals surface area (Å²) in [7, 11) is 0. The fraction of sp³-hybridized carbons (Fsp3) is 0.385. The third-order valence-corrected chi connectivity index (χ3v) is 3.07. The van der Waals surface area contributed by atoms with Gasteiger partial charge in [0, 0.05) is 25.9 Å². The van der Waals surface area contributed by atoms with Crippen LogP contribution in [0.3, 0.4) is 0 Å². The topological polar surface area (TPSA) is 73.6 Å². The molecule has 0 atom stereocenters. The molecule has 0 aromatic heterocycles. The molecular weight excluding hydrogens is 251 g/mol. The van der Waals surface area contributed by atoms with Crippen LogP contribution in [0.2, 0.25) is 0 Å². The number of halogens is 1. The predicted octanol–water partition coefficient (Wildman–Crippen LogP) is 2.22. The van der Waals surface area contributed by atoms with E-state index >= 15 is 0 Å². The van der Waals surface area contributed by atoms with Crippen LogP contribution in [0, 0.1) is 17.1 Å². The molecule has 0 radical (unpaired) electrons. The Bertz CT molecular complexity index is 519. The number of hydrogen-bond donors (Lipinski definition) is 1. The molecule has 1 fully saturated rings. The van der Waals surface area contributed by atoms with Crippen molar-refractivity contribution in [1.29, 1.82) is 5.26 Å². The number of rotatable bonds is 2. The summed E-state index contributed by atoms with van der Waals surface area (Å²) in [6.45, 7) is 0.774. The Hall–Kier alpha value is -2.29. The molecule has 1 aromatic carbocycles. The number of carboxylic acid groups (broad SMARTS) is 1. The molecule has 1 aromatic rings. The molecule has 1 saturated heterocycles. The Labute approximate surface area is 109 Å². The van der Waals surface area contributed by atoms with Crippen molar-refractivity contribution < 1.29 is 19.0 Å². The highest BCUT2D eigenvalue weighted by atomic mass is 19.1. The van der Waals surface area contributed by atoms with Gasteiger partial charge >= 0.3 is 6.09 Å². The highest BCUT2D eigenvalue weighted by molar-refractivity contribution is 5.65. The standard InChI is InChI=1S/C13H13FN2O3/c14-11-7-9(8-15)1-2-12(11)19-10-3-5-16(6-4-10)13(17)18/h1-2,7,10H,3-6H2,(H,17,18). The molecule has 0 unspecified atom stereocenters. The molecule has 0 aliphatic carbocycles. The van der Waals surface area contributed by atoms with Crippen molar-refractivity contribution in [3.05, 3.63) is 29.6 Å². The van der Waals surface area contributed by atoms with Crippen molar-refractivity contribution in [2.24, 2.45) is 0 Å². The molecule has 1 amide bonds. The maximum Gasteiger partial charge on any atom is 0.407 e. The van der Waals surface area contributed by atoms with E-state index in [1.165, 1.54) is 17.0 Å². The Morgan fingerprint density at radius 1 is 1.47 bits per heavy atom. The summed E-state index contributed by atoms with van der Waals surface area (Å²) in [5.74, 6) is -0.465. The largest absolute Gasteiger partial charge is 0.487 e. The monoisotopic (exact) mass is 264 g/mol. The van der Waals surface area contributed by atoms with Crippen molar-refractivity contribution >= 4 is 6.09 Å². The number of hydrogen-bond acceptors (Lipinski definition) is 3. The molecule has 1 heterocycles. The fourth-order valence-electron chi connectivity index (χ4n) is 2.01. The molecule has 0 saturated carbocycles. The number of nitriles is 1. The highest BCUT2D eigenvalue weighted by Gasteiger charge is 2.24. The van der Waals surface area contributed by atoms with Crippen LogP contribution in [-0.2, 0) is 0 Å². The van der Waals surface area contributed by atoms with E-state index in [0.717, 1.165) is 6.07 Å². The fourth-order valence-corrected chi connectivity index (χ4v) is 2.01. The Morgan fingerprint density at radius 2 is 2.16 bits per heavy atom. The summed E-state index contributed by atoms with van der Waals surface area (Å²) < 4.78 is 19.1. The molecular formula is C13H13FN2O3. The van der Waals surface area contributed by atoms with Crippen molar-refractivity contribution in [3.63, 3.8) is 0 Å². The lowest BCUT2D eigenvalue weighted by molar-refractivity contribution is 0.0872. The van der Waals surface area contributed by atoms with E-state index in [0.29, 0.717) is 25.9 Å². The minimum Gasteiger partial charge on any atom is -0.487 e. The van der Waals surface area contributed by atoms with Gasteiger partial charge in [0.05, 0.1) is 11.6 Å². The van der Waals surface area contributed by atoms with E-state index in [4.69, 9.17) is 15.1 Å².